The average molecular weight is 761 g/mol. The number of carbonyl (C=O) groups is 2. The second kappa shape index (κ2) is 14.7. The number of amides is 2. The van der Waals surface area contributed by atoms with Crippen LogP contribution in [0.5, 0.6) is 0 Å². The largest absolute Gasteiger partial charge is 0.453 e. The fourth-order valence-electron chi connectivity index (χ4n) is 8.81. The first-order chi connectivity index (χ1) is 26.5. The molecule has 2 aromatic heterocycles. The van der Waals surface area contributed by atoms with Gasteiger partial charge in [0.05, 0.1) is 53.6 Å². The summed E-state index contributed by atoms with van der Waals surface area (Å²) in [6.07, 6.45) is 5.49. The van der Waals surface area contributed by atoms with E-state index < -0.39 is 53.5 Å². The third-order valence-corrected chi connectivity index (χ3v) is 11.5. The minimum absolute atomic E-state index is 0.0846. The monoisotopic (exact) mass is 760 g/mol. The highest BCUT2D eigenvalue weighted by atomic mass is 19.1. The number of methoxy groups -OCH3 is 1. The van der Waals surface area contributed by atoms with Crippen molar-refractivity contribution in [1.82, 2.24) is 30.2 Å². The second-order valence-electron chi connectivity index (χ2n) is 15.2. The molecule has 11 nitrogen and oxygen atoms in total. The first-order valence-corrected chi connectivity index (χ1v) is 19.0. The van der Waals surface area contributed by atoms with Crippen LogP contribution in [0.2, 0.25) is 0 Å². The minimum atomic E-state index is -0.815. The van der Waals surface area contributed by atoms with Gasteiger partial charge in [0.25, 0.3) is 0 Å². The van der Waals surface area contributed by atoms with E-state index in [-0.39, 0.29) is 28.8 Å². The summed E-state index contributed by atoms with van der Waals surface area (Å²) in [7, 11) is 1.24. The van der Waals surface area contributed by atoms with E-state index in [2.05, 4.69) is 20.3 Å². The number of hydrogen-bond donors (Lipinski definition) is 3. The maximum Gasteiger partial charge on any atom is 0.407 e. The van der Waals surface area contributed by atoms with E-state index in [1.165, 1.54) is 37.7 Å². The van der Waals surface area contributed by atoms with E-state index in [1.54, 1.807) is 26.8 Å². The zero-order valence-corrected chi connectivity index (χ0v) is 31.0. The summed E-state index contributed by atoms with van der Waals surface area (Å²) in [4.78, 5) is 46.1. The predicted molar refractivity (Wildman–Crippen MR) is 200 cm³/mol. The normalized spacial score (nSPS) is 20.9. The van der Waals surface area contributed by atoms with Crippen molar-refractivity contribution >= 4 is 45.4 Å². The lowest BCUT2D eigenvalue weighted by atomic mass is 10.0. The maximum absolute atomic E-state index is 16.4. The van der Waals surface area contributed by atoms with Crippen molar-refractivity contribution in [2.45, 2.75) is 83.0 Å². The quantitative estimate of drug-likeness (QED) is 0.137. The molecule has 8 rings (SSSR count). The van der Waals surface area contributed by atoms with Crippen LogP contribution >= 0.6 is 0 Å². The minimum Gasteiger partial charge on any atom is -0.453 e. The molecule has 3 aromatic carbocycles. The summed E-state index contributed by atoms with van der Waals surface area (Å²) in [6, 6.07) is 5.86. The molecule has 0 aliphatic carbocycles. The van der Waals surface area contributed by atoms with Gasteiger partial charge < -0.3 is 34.7 Å². The van der Waals surface area contributed by atoms with Crippen LogP contribution in [0.4, 0.5) is 33.7 Å². The number of aromatic amines is 2. The zero-order valence-electron chi connectivity index (χ0n) is 31.0. The van der Waals surface area contributed by atoms with Crippen LogP contribution < -0.4 is 15.1 Å². The number of halogens is 4. The molecule has 3 aliphatic rings. The highest BCUT2D eigenvalue weighted by Crippen LogP contribution is 2.50. The number of ether oxygens (including phenoxy) is 1. The molecule has 290 valence electrons. The van der Waals surface area contributed by atoms with Crippen molar-refractivity contribution in [3.05, 3.63) is 82.9 Å². The summed E-state index contributed by atoms with van der Waals surface area (Å²) in [5.74, 6) is -2.54. The fourth-order valence-corrected chi connectivity index (χ4v) is 8.81. The van der Waals surface area contributed by atoms with Crippen LogP contribution in [-0.4, -0.2) is 69.6 Å². The smallest absolute Gasteiger partial charge is 0.407 e. The SMILES string of the molecule is COC(=O)N[C@H](C(=O)N1CCC[C@H]1c1nc2cc(F)c([C@H]3CC[C@H](c4cc5[nH]cnc5cc4F)N3c3cc(F)c(N4CCCCC4)c(F)c3)cc2[nH]1)C(C)C. The van der Waals surface area contributed by atoms with Crippen molar-refractivity contribution in [2.75, 3.05) is 36.5 Å². The molecule has 3 fully saturated rings. The molecule has 55 heavy (non-hydrogen) atoms. The van der Waals surface area contributed by atoms with Gasteiger partial charge in [-0.2, -0.15) is 0 Å². The zero-order chi connectivity index (χ0) is 38.5. The Morgan fingerprint density at radius 3 is 2.11 bits per heavy atom. The summed E-state index contributed by atoms with van der Waals surface area (Å²) in [5.41, 5.74) is 2.58. The van der Waals surface area contributed by atoms with E-state index in [4.69, 9.17) is 9.72 Å². The van der Waals surface area contributed by atoms with Gasteiger partial charge in [0.15, 0.2) is 11.6 Å². The number of benzene rings is 3. The Morgan fingerprint density at radius 1 is 0.800 bits per heavy atom. The molecule has 0 saturated carbocycles. The second-order valence-corrected chi connectivity index (χ2v) is 15.2. The third-order valence-electron chi connectivity index (χ3n) is 11.5. The summed E-state index contributed by atoms with van der Waals surface area (Å²) < 4.78 is 69.0. The number of aromatic nitrogens is 4. The van der Waals surface area contributed by atoms with E-state index >= 15 is 17.6 Å². The molecular formula is C40H44F4N8O3. The van der Waals surface area contributed by atoms with Gasteiger partial charge in [0.2, 0.25) is 5.91 Å². The number of H-pyrrole nitrogens is 2. The molecule has 0 spiro atoms. The van der Waals surface area contributed by atoms with Gasteiger partial charge in [-0.15, -0.1) is 0 Å². The van der Waals surface area contributed by atoms with Gasteiger partial charge >= 0.3 is 6.09 Å². The summed E-state index contributed by atoms with van der Waals surface area (Å²) in [6.45, 7) is 5.22. The highest BCUT2D eigenvalue weighted by Gasteiger charge is 2.41. The van der Waals surface area contributed by atoms with Crippen LogP contribution in [0.25, 0.3) is 22.1 Å². The molecular weight excluding hydrogens is 716 g/mol. The molecule has 5 aromatic rings. The number of imidazole rings is 2. The molecule has 2 amide bonds. The van der Waals surface area contributed by atoms with Gasteiger partial charge in [-0.3, -0.25) is 4.79 Å². The first kappa shape index (κ1) is 36.6. The summed E-state index contributed by atoms with van der Waals surface area (Å²) >= 11 is 0. The molecule has 3 N–H and O–H groups in total. The van der Waals surface area contributed by atoms with Crippen LogP contribution in [0.3, 0.4) is 0 Å². The molecule has 5 heterocycles. The van der Waals surface area contributed by atoms with Gasteiger partial charge in [0, 0.05) is 48.6 Å². The number of fused-ring (bicyclic) bond motifs is 2. The van der Waals surface area contributed by atoms with Crippen LogP contribution in [0, 0.1) is 29.2 Å². The Hall–Kier alpha value is -5.34. The van der Waals surface area contributed by atoms with Gasteiger partial charge in [-0.1, -0.05) is 13.8 Å². The molecule has 0 bridgehead atoms. The standard InChI is InChI=1S/C40H44F4N8O3/c1-21(2)36(49-40(54)55-3)39(53)51-13-7-8-35(51)38-47-31-17-24(26(42)19-32(31)48-38)34-10-9-33(23-16-29-30(18-25(23)41)46-20-45-29)52(34)22-14-27(43)37(28(44)15-22)50-11-5-4-6-12-50/h14-21,33-36H,4-13H2,1-3H3,(H,45,46)(H,47,48)(H,49,54)/t33-,34-,35+,36+/m1/s1. The molecule has 3 saturated heterocycles. The Morgan fingerprint density at radius 2 is 1.45 bits per heavy atom. The van der Waals surface area contributed by atoms with Crippen molar-refractivity contribution in [3.8, 4) is 0 Å². The number of alkyl carbamates (subject to hydrolysis) is 1. The Kier molecular flexibility index (Phi) is 9.80. The molecule has 3 aliphatic heterocycles. The number of nitrogens with zero attached hydrogens (tertiary/aromatic N) is 5. The Bertz CT molecular complexity index is 2230. The van der Waals surface area contributed by atoms with Crippen molar-refractivity contribution < 1.29 is 31.9 Å². The number of likely N-dealkylation sites (tertiary alicyclic amines) is 1. The van der Waals surface area contributed by atoms with Crippen molar-refractivity contribution in [1.29, 1.82) is 0 Å². The van der Waals surface area contributed by atoms with Crippen LogP contribution in [-0.2, 0) is 9.53 Å². The van der Waals surface area contributed by atoms with E-state index in [0.29, 0.717) is 78.8 Å². The third kappa shape index (κ3) is 6.71. The van der Waals surface area contributed by atoms with E-state index in [9.17, 15) is 9.59 Å². The number of piperidine rings is 1. The first-order valence-electron chi connectivity index (χ1n) is 19.0. The van der Waals surface area contributed by atoms with Crippen LogP contribution in [0.15, 0.2) is 42.7 Å². The maximum atomic E-state index is 16.4. The molecule has 0 unspecified atom stereocenters. The lowest BCUT2D eigenvalue weighted by Gasteiger charge is -2.35. The average Bonchev–Trinajstić information content (AvgIpc) is 3.98. The summed E-state index contributed by atoms with van der Waals surface area (Å²) in [5, 5.41) is 2.64. The van der Waals surface area contributed by atoms with Crippen LogP contribution in [0.1, 0.15) is 93.9 Å². The highest BCUT2D eigenvalue weighted by molar-refractivity contribution is 5.86. The predicted octanol–water partition coefficient (Wildman–Crippen LogP) is 8.11. The van der Waals surface area contributed by atoms with Gasteiger partial charge in [-0.25, -0.2) is 32.3 Å². The lowest BCUT2D eigenvalue weighted by molar-refractivity contribution is -0.135. The number of nitrogens with one attached hydrogen (secondary N) is 3. The number of hydrogen-bond acceptors (Lipinski definition) is 7. The lowest BCUT2D eigenvalue weighted by Crippen LogP contribution is -2.51. The molecule has 4 atom stereocenters. The van der Waals surface area contributed by atoms with Gasteiger partial charge in [0.1, 0.15) is 29.2 Å². The van der Waals surface area contributed by atoms with E-state index in [0.717, 1.165) is 19.3 Å². The Balaban J connectivity index is 1.17. The molecule has 15 heteroatoms. The fraction of sp³-hybridized carbons (Fsp3) is 0.450. The Labute approximate surface area is 315 Å². The number of anilines is 2. The van der Waals surface area contributed by atoms with E-state index in [1.807, 2.05) is 13.8 Å². The molecule has 0 radical (unpaired) electrons. The van der Waals surface area contributed by atoms with Crippen molar-refractivity contribution in [3.63, 3.8) is 0 Å². The van der Waals surface area contributed by atoms with Crippen molar-refractivity contribution in [2.24, 2.45) is 5.92 Å². The topological polar surface area (TPSA) is 122 Å². The van der Waals surface area contributed by atoms with Gasteiger partial charge in [-0.05, 0) is 75.1 Å². The number of rotatable bonds is 8. The number of carbonyl (C=O) groups excluding carboxylic acids is 2.